The Kier molecular flexibility index (Phi) is 6.04. The third kappa shape index (κ3) is 4.81. The molecule has 1 aromatic rings. The van der Waals surface area contributed by atoms with Crippen LogP contribution in [0.1, 0.15) is 27.2 Å². The van der Waals surface area contributed by atoms with Gasteiger partial charge in [0.15, 0.2) is 0 Å². The van der Waals surface area contributed by atoms with Crippen LogP contribution >= 0.6 is 11.8 Å². The van der Waals surface area contributed by atoms with Gasteiger partial charge in [-0.15, -0.1) is 11.8 Å². The summed E-state index contributed by atoms with van der Waals surface area (Å²) in [5.41, 5.74) is 0. The van der Waals surface area contributed by atoms with Crippen molar-refractivity contribution in [2.75, 3.05) is 0 Å². The molecule has 1 aromatic carbocycles. The second-order valence-electron chi connectivity index (χ2n) is 4.60. The van der Waals surface area contributed by atoms with E-state index in [4.69, 9.17) is 5.11 Å². The molecule has 5 nitrogen and oxygen atoms in total. The van der Waals surface area contributed by atoms with Crippen LogP contribution in [0, 0.1) is 0 Å². The molecule has 0 radical (unpaired) electrons. The Morgan fingerprint density at radius 3 is 2.25 bits per heavy atom. The van der Waals surface area contributed by atoms with Gasteiger partial charge in [0.05, 0.1) is 4.90 Å². The van der Waals surface area contributed by atoms with E-state index in [-0.39, 0.29) is 10.9 Å². The van der Waals surface area contributed by atoms with Gasteiger partial charge in [0.25, 0.3) is 0 Å². The molecule has 1 rings (SSSR count). The highest BCUT2D eigenvalue weighted by molar-refractivity contribution is 8.00. The molecule has 0 aliphatic carbocycles. The van der Waals surface area contributed by atoms with E-state index in [0.717, 1.165) is 4.90 Å². The van der Waals surface area contributed by atoms with Crippen molar-refractivity contribution >= 4 is 27.8 Å². The van der Waals surface area contributed by atoms with Crippen LogP contribution in [0.4, 0.5) is 0 Å². The Balaban J connectivity index is 2.86. The summed E-state index contributed by atoms with van der Waals surface area (Å²) in [6.45, 7) is 5.30. The third-order valence-corrected chi connectivity index (χ3v) is 5.49. The number of thioether (sulfide) groups is 1. The summed E-state index contributed by atoms with van der Waals surface area (Å²) >= 11 is 1.22. The van der Waals surface area contributed by atoms with Crippen LogP contribution in [0.25, 0.3) is 0 Å². The van der Waals surface area contributed by atoms with Gasteiger partial charge in [0.1, 0.15) is 5.25 Å². The van der Waals surface area contributed by atoms with Gasteiger partial charge < -0.3 is 5.11 Å². The molecule has 1 atom stereocenters. The van der Waals surface area contributed by atoms with Crippen LogP contribution in [0.2, 0.25) is 0 Å². The van der Waals surface area contributed by atoms with Gasteiger partial charge in [-0.05, 0) is 44.5 Å². The summed E-state index contributed by atoms with van der Waals surface area (Å²) < 4.78 is 26.4. The van der Waals surface area contributed by atoms with Crippen molar-refractivity contribution in [1.82, 2.24) is 4.72 Å². The number of sulfonamides is 1. The predicted octanol–water partition coefficient (Wildman–Crippen LogP) is 2.33. The highest BCUT2D eigenvalue weighted by Crippen LogP contribution is 2.26. The number of carboxylic acid groups (broad SMARTS) is 1. The van der Waals surface area contributed by atoms with Crippen molar-refractivity contribution in [3.8, 4) is 0 Å². The number of carboxylic acids is 1. The second-order valence-corrected chi connectivity index (χ2v) is 7.59. The molecule has 0 heterocycles. The molecule has 7 heteroatoms. The molecular weight excluding hydrogens is 298 g/mol. The van der Waals surface area contributed by atoms with E-state index < -0.39 is 21.2 Å². The largest absolute Gasteiger partial charge is 0.480 e. The van der Waals surface area contributed by atoms with Gasteiger partial charge in [0.2, 0.25) is 10.0 Å². The predicted molar refractivity (Wildman–Crippen MR) is 79.5 cm³/mol. The maximum absolute atomic E-state index is 11.9. The SMILES string of the molecule is CCC(Sc1ccc(S(=O)(=O)NC(C)C)cc1)C(=O)O. The number of aliphatic carboxylic acids is 1. The molecular formula is C13H19NO4S2. The van der Waals surface area contributed by atoms with Crippen LogP contribution in [-0.4, -0.2) is 30.8 Å². The van der Waals surface area contributed by atoms with Gasteiger partial charge >= 0.3 is 5.97 Å². The lowest BCUT2D eigenvalue weighted by Gasteiger charge is -2.11. The highest BCUT2D eigenvalue weighted by Gasteiger charge is 2.18. The summed E-state index contributed by atoms with van der Waals surface area (Å²) in [6.07, 6.45) is 0.509. The highest BCUT2D eigenvalue weighted by atomic mass is 32.2. The summed E-state index contributed by atoms with van der Waals surface area (Å²) in [5, 5.41) is 8.47. The lowest BCUT2D eigenvalue weighted by Crippen LogP contribution is -2.30. The Morgan fingerprint density at radius 1 is 1.30 bits per heavy atom. The number of rotatable bonds is 7. The van der Waals surface area contributed by atoms with Crippen LogP contribution in [0.15, 0.2) is 34.1 Å². The molecule has 0 aliphatic rings. The van der Waals surface area contributed by atoms with E-state index >= 15 is 0 Å². The molecule has 0 saturated carbocycles. The molecule has 0 spiro atoms. The maximum Gasteiger partial charge on any atom is 0.316 e. The maximum atomic E-state index is 11.9. The van der Waals surface area contributed by atoms with Crippen molar-refractivity contribution < 1.29 is 18.3 Å². The summed E-state index contributed by atoms with van der Waals surface area (Å²) in [4.78, 5) is 11.9. The molecule has 0 saturated heterocycles. The minimum Gasteiger partial charge on any atom is -0.480 e. The average Bonchev–Trinajstić information content (AvgIpc) is 2.34. The molecule has 0 bridgehead atoms. The number of hydrogen-bond donors (Lipinski definition) is 2. The quantitative estimate of drug-likeness (QED) is 0.754. The Hall–Kier alpha value is -1.05. The molecule has 20 heavy (non-hydrogen) atoms. The van der Waals surface area contributed by atoms with Gasteiger partial charge in [-0.25, -0.2) is 13.1 Å². The molecule has 1 unspecified atom stereocenters. The van der Waals surface area contributed by atoms with Gasteiger partial charge in [-0.3, -0.25) is 4.79 Å². The minimum absolute atomic E-state index is 0.175. The number of hydrogen-bond acceptors (Lipinski definition) is 4. The first-order valence-electron chi connectivity index (χ1n) is 6.28. The summed E-state index contributed by atoms with van der Waals surface area (Å²) in [5.74, 6) is -0.865. The molecule has 0 aromatic heterocycles. The van der Waals surface area contributed by atoms with E-state index in [1.807, 2.05) is 0 Å². The van der Waals surface area contributed by atoms with E-state index in [0.29, 0.717) is 6.42 Å². The van der Waals surface area contributed by atoms with Crippen LogP contribution < -0.4 is 4.72 Å². The molecule has 0 aliphatic heterocycles. The first kappa shape index (κ1) is 17.0. The van der Waals surface area contributed by atoms with Crippen LogP contribution in [-0.2, 0) is 14.8 Å². The topological polar surface area (TPSA) is 83.5 Å². The fraction of sp³-hybridized carbons (Fsp3) is 0.462. The number of nitrogens with one attached hydrogen (secondary N) is 1. The number of carbonyl (C=O) groups is 1. The third-order valence-electron chi connectivity index (χ3n) is 2.45. The van der Waals surface area contributed by atoms with Gasteiger partial charge in [-0.1, -0.05) is 6.92 Å². The summed E-state index contributed by atoms with van der Waals surface area (Å²) in [6, 6.07) is 6.06. The van der Waals surface area contributed by atoms with Crippen molar-refractivity contribution in [1.29, 1.82) is 0 Å². The normalized spacial score (nSPS) is 13.4. The molecule has 112 valence electrons. The zero-order valence-corrected chi connectivity index (χ0v) is 13.3. The van der Waals surface area contributed by atoms with Gasteiger partial charge in [0, 0.05) is 10.9 Å². The lowest BCUT2D eigenvalue weighted by molar-refractivity contribution is -0.136. The van der Waals surface area contributed by atoms with Crippen LogP contribution in [0.3, 0.4) is 0 Å². The van der Waals surface area contributed by atoms with Crippen LogP contribution in [0.5, 0.6) is 0 Å². The van der Waals surface area contributed by atoms with Gasteiger partial charge in [-0.2, -0.15) is 0 Å². The smallest absolute Gasteiger partial charge is 0.316 e. The van der Waals surface area contributed by atoms with E-state index in [1.165, 1.54) is 23.9 Å². The monoisotopic (exact) mass is 317 g/mol. The van der Waals surface area contributed by atoms with Crippen molar-refractivity contribution in [3.63, 3.8) is 0 Å². The second kappa shape index (κ2) is 7.10. The van der Waals surface area contributed by atoms with Crippen molar-refractivity contribution in [3.05, 3.63) is 24.3 Å². The fourth-order valence-electron chi connectivity index (χ4n) is 1.55. The first-order valence-corrected chi connectivity index (χ1v) is 8.64. The standard InChI is InChI=1S/C13H19NO4S2/c1-4-12(13(15)16)19-10-5-7-11(8-6-10)20(17,18)14-9(2)3/h5-9,12,14H,4H2,1-3H3,(H,15,16). The Morgan fingerprint density at radius 2 is 1.85 bits per heavy atom. The van der Waals surface area contributed by atoms with E-state index in [2.05, 4.69) is 4.72 Å². The van der Waals surface area contributed by atoms with Crippen molar-refractivity contribution in [2.24, 2.45) is 0 Å². The fourth-order valence-corrected chi connectivity index (χ4v) is 3.69. The van der Waals surface area contributed by atoms with E-state index in [9.17, 15) is 13.2 Å². The minimum atomic E-state index is -3.50. The number of benzene rings is 1. The first-order chi connectivity index (χ1) is 9.26. The summed E-state index contributed by atoms with van der Waals surface area (Å²) in [7, 11) is -3.50. The van der Waals surface area contributed by atoms with Crippen molar-refractivity contribution in [2.45, 2.75) is 48.3 Å². The average molecular weight is 317 g/mol. The van der Waals surface area contributed by atoms with E-state index in [1.54, 1.807) is 32.9 Å². The lowest BCUT2D eigenvalue weighted by atomic mass is 10.3. The zero-order valence-electron chi connectivity index (χ0n) is 11.7. The Bertz CT molecular complexity index is 552. The zero-order chi connectivity index (χ0) is 15.3. The molecule has 2 N–H and O–H groups in total. The molecule has 0 fully saturated rings. The molecule has 0 amide bonds. The Labute approximate surface area is 123 Å².